The van der Waals surface area contributed by atoms with Crippen molar-refractivity contribution < 1.29 is 39.0 Å². The number of H-pyrrole nitrogens is 1. The number of carbonyl (C=O) groups is 1. The Labute approximate surface area is 240 Å². The van der Waals surface area contributed by atoms with Gasteiger partial charge >= 0.3 is 5.97 Å². The summed E-state index contributed by atoms with van der Waals surface area (Å²) >= 11 is 12.8. The van der Waals surface area contributed by atoms with Crippen molar-refractivity contribution in [1.82, 2.24) is 0 Å². The number of methoxy groups -OCH3 is 2. The highest BCUT2D eigenvalue weighted by Crippen LogP contribution is 2.35. The molecule has 0 aliphatic carbocycles. The first kappa shape index (κ1) is 30.5. The fraction of sp³-hybridized carbons (Fsp3) is 0.172. The van der Waals surface area contributed by atoms with Gasteiger partial charge in [0.2, 0.25) is 0 Å². The predicted molar refractivity (Wildman–Crippen MR) is 148 cm³/mol. The molecular formula is C29H27Cl2FN2O6. The van der Waals surface area contributed by atoms with E-state index >= 15 is 0 Å². The Bertz CT molecular complexity index is 1450. The van der Waals surface area contributed by atoms with Gasteiger partial charge in [-0.25, -0.2) is 14.2 Å². The van der Waals surface area contributed by atoms with Crippen LogP contribution in [0.15, 0.2) is 73.1 Å². The number of aromatic hydroxyl groups is 1. The van der Waals surface area contributed by atoms with Crippen LogP contribution in [-0.4, -0.2) is 30.8 Å². The van der Waals surface area contributed by atoms with Crippen molar-refractivity contribution in [2.75, 3.05) is 19.5 Å². The molecule has 8 nitrogen and oxygen atoms in total. The van der Waals surface area contributed by atoms with E-state index in [0.717, 1.165) is 5.56 Å². The molecule has 0 unspecified atom stereocenters. The second-order valence-electron chi connectivity index (χ2n) is 8.53. The number of rotatable bonds is 10. The number of esters is 1. The molecule has 0 fully saturated rings. The summed E-state index contributed by atoms with van der Waals surface area (Å²) in [6, 6.07) is 16.3. The van der Waals surface area contributed by atoms with Gasteiger partial charge in [0.25, 0.3) is 0 Å². The number of aromatic amines is 1. The number of pyridine rings is 1. The van der Waals surface area contributed by atoms with E-state index in [4.69, 9.17) is 37.4 Å². The molecule has 0 saturated carbocycles. The average Bonchev–Trinajstić information content (AvgIpc) is 2.95. The highest BCUT2D eigenvalue weighted by Gasteiger charge is 2.24. The fourth-order valence-corrected chi connectivity index (χ4v) is 4.48. The topological polar surface area (TPSA) is 121 Å². The molecule has 1 heterocycles. The van der Waals surface area contributed by atoms with Crippen LogP contribution in [0.3, 0.4) is 0 Å². The molecule has 0 radical (unpaired) electrons. The third-order valence-corrected chi connectivity index (χ3v) is 6.74. The number of benzene rings is 3. The molecule has 1 atom stereocenters. The van der Waals surface area contributed by atoms with E-state index in [1.807, 2.05) is 0 Å². The van der Waals surface area contributed by atoms with E-state index < -0.39 is 23.6 Å². The largest absolute Gasteiger partial charge is 0.870 e. The Morgan fingerprint density at radius 1 is 1.00 bits per heavy atom. The van der Waals surface area contributed by atoms with Crippen molar-refractivity contribution >= 4 is 34.9 Å². The van der Waals surface area contributed by atoms with Crippen LogP contribution in [-0.2, 0) is 17.7 Å². The summed E-state index contributed by atoms with van der Waals surface area (Å²) in [5, 5.41) is 13.3. The van der Waals surface area contributed by atoms with E-state index in [1.165, 1.54) is 26.4 Å². The van der Waals surface area contributed by atoms with Crippen molar-refractivity contribution in [3.05, 3.63) is 111 Å². The normalized spacial score (nSPS) is 11.2. The number of aromatic nitrogens is 1. The number of hydrogen-bond acceptors (Lipinski definition) is 7. The predicted octanol–water partition coefficient (Wildman–Crippen LogP) is 6.25. The second-order valence-corrected chi connectivity index (χ2v) is 9.35. The highest BCUT2D eigenvalue weighted by molar-refractivity contribution is 6.35. The van der Waals surface area contributed by atoms with E-state index in [2.05, 4.69) is 10.3 Å². The molecule has 3 aromatic carbocycles. The summed E-state index contributed by atoms with van der Waals surface area (Å²) in [5.41, 5.74) is 2.57. The number of halogens is 3. The van der Waals surface area contributed by atoms with E-state index in [0.29, 0.717) is 38.2 Å². The zero-order valence-electron chi connectivity index (χ0n) is 21.6. The van der Waals surface area contributed by atoms with Gasteiger partial charge in [-0.3, -0.25) is 0 Å². The number of ether oxygens (including phenoxy) is 3. The van der Waals surface area contributed by atoms with Gasteiger partial charge in [-0.2, -0.15) is 0 Å². The van der Waals surface area contributed by atoms with Crippen LogP contribution in [0.25, 0.3) is 0 Å². The highest BCUT2D eigenvalue weighted by atomic mass is 35.5. The Balaban J connectivity index is 0.00000441. The monoisotopic (exact) mass is 588 g/mol. The number of phenols is 1. The van der Waals surface area contributed by atoms with Gasteiger partial charge in [0.1, 0.15) is 16.1 Å². The molecule has 4 aromatic rings. The quantitative estimate of drug-likeness (QED) is 0.210. The number of nitrogens with one attached hydrogen (secondary N) is 2. The van der Waals surface area contributed by atoms with Gasteiger partial charge in [0.05, 0.1) is 25.5 Å². The van der Waals surface area contributed by atoms with Crippen molar-refractivity contribution in [2.24, 2.45) is 0 Å². The minimum Gasteiger partial charge on any atom is -0.870 e. The number of anilines is 1. The summed E-state index contributed by atoms with van der Waals surface area (Å²) in [7, 11) is 3.06. The summed E-state index contributed by atoms with van der Waals surface area (Å²) < 4.78 is 30.7. The van der Waals surface area contributed by atoms with Crippen molar-refractivity contribution in [1.29, 1.82) is 0 Å². The first-order valence-corrected chi connectivity index (χ1v) is 12.6. The Morgan fingerprint density at radius 3 is 2.33 bits per heavy atom. The summed E-state index contributed by atoms with van der Waals surface area (Å²) in [6.45, 7) is 0.284. The van der Waals surface area contributed by atoms with Gasteiger partial charge in [0.15, 0.2) is 35.5 Å². The average molecular weight is 589 g/mol. The molecule has 210 valence electrons. The second kappa shape index (κ2) is 13.8. The summed E-state index contributed by atoms with van der Waals surface area (Å²) in [4.78, 5) is 16.1. The lowest BCUT2D eigenvalue weighted by molar-refractivity contribution is -0.377. The van der Waals surface area contributed by atoms with Gasteiger partial charge < -0.3 is 30.1 Å². The van der Waals surface area contributed by atoms with Crippen LogP contribution in [0.5, 0.6) is 17.2 Å². The molecule has 1 aromatic heterocycles. The molecular weight excluding hydrogens is 562 g/mol. The fourth-order valence-electron chi connectivity index (χ4n) is 3.95. The molecule has 0 spiro atoms. The molecule has 4 rings (SSSR count). The van der Waals surface area contributed by atoms with Gasteiger partial charge in [-0.15, -0.1) is 0 Å². The molecule has 0 amide bonds. The minimum absolute atomic E-state index is 0. The van der Waals surface area contributed by atoms with Crippen LogP contribution in [0.2, 0.25) is 10.0 Å². The molecule has 40 heavy (non-hydrogen) atoms. The Kier molecular flexibility index (Phi) is 10.6. The zero-order chi connectivity index (χ0) is 27.9. The maximum atomic E-state index is 14.0. The van der Waals surface area contributed by atoms with Crippen LogP contribution >= 0.6 is 23.2 Å². The zero-order valence-corrected chi connectivity index (χ0v) is 23.1. The van der Waals surface area contributed by atoms with Crippen LogP contribution in [0, 0.1) is 5.82 Å². The standard InChI is InChI=1S/C29H25Cl2FN2O5.H2O/c1-37-25-11-10-19(12-27(25)38-2)26(13-20-21(30)15-33-16-22(20)31)39-29(36)18-8-6-17(7-9-18)14-34-23-4-3-5-24(35)28(23)32;/h3-12,15-16,26,34-35H,13-14H2,1-2H3;1H2/t26-;/m0./s1. The van der Waals surface area contributed by atoms with Crippen molar-refractivity contribution in [3.63, 3.8) is 0 Å². The van der Waals surface area contributed by atoms with Gasteiger partial charge in [0, 0.05) is 18.5 Å². The maximum Gasteiger partial charge on any atom is 0.338 e. The Morgan fingerprint density at radius 2 is 1.68 bits per heavy atom. The summed E-state index contributed by atoms with van der Waals surface area (Å²) in [6.07, 6.45) is 2.67. The molecule has 0 aliphatic rings. The molecule has 0 bridgehead atoms. The maximum absolute atomic E-state index is 14.0. The first-order chi connectivity index (χ1) is 18.8. The van der Waals surface area contributed by atoms with Gasteiger partial charge in [-0.05, 0) is 47.5 Å². The smallest absolute Gasteiger partial charge is 0.338 e. The minimum atomic E-state index is -0.746. The van der Waals surface area contributed by atoms with Crippen LogP contribution in [0.1, 0.15) is 33.2 Å². The number of carbonyl (C=O) groups excluding carboxylic acids is 1. The number of phenolic OH excluding ortho intramolecular Hbond substituents is 1. The Hall–Kier alpha value is -4.05. The van der Waals surface area contributed by atoms with Crippen LogP contribution < -0.4 is 19.8 Å². The summed E-state index contributed by atoms with van der Waals surface area (Å²) in [5.74, 6) is -0.696. The van der Waals surface area contributed by atoms with E-state index in [9.17, 15) is 14.3 Å². The van der Waals surface area contributed by atoms with E-state index in [-0.39, 0.29) is 24.1 Å². The molecule has 0 saturated heterocycles. The SMILES string of the molecule is COc1ccc([C@H](Cc2c(Cl)c[nH+]cc2Cl)OC(=O)c2ccc(CNc3cccc(O)c3F)cc2)cc1OC.[OH-]. The number of hydrogen-bond donors (Lipinski definition) is 2. The molecule has 0 aliphatic heterocycles. The molecule has 11 heteroatoms. The lowest BCUT2D eigenvalue weighted by atomic mass is 10.0. The van der Waals surface area contributed by atoms with Crippen molar-refractivity contribution in [2.45, 2.75) is 19.1 Å². The molecule has 4 N–H and O–H groups in total. The third-order valence-electron chi connectivity index (χ3n) is 6.07. The van der Waals surface area contributed by atoms with Crippen LogP contribution in [0.4, 0.5) is 10.1 Å². The lowest BCUT2D eigenvalue weighted by Crippen LogP contribution is -2.16. The van der Waals surface area contributed by atoms with Gasteiger partial charge in [-0.1, -0.05) is 47.5 Å². The third kappa shape index (κ3) is 7.12. The lowest BCUT2D eigenvalue weighted by Gasteiger charge is -2.20. The first-order valence-electron chi connectivity index (χ1n) is 11.9. The van der Waals surface area contributed by atoms with E-state index in [1.54, 1.807) is 60.9 Å². The van der Waals surface area contributed by atoms with Crippen molar-refractivity contribution in [3.8, 4) is 17.2 Å².